The van der Waals surface area contributed by atoms with Crippen LogP contribution >= 0.6 is 12.2 Å². The zero-order valence-electron chi connectivity index (χ0n) is 14.4. The van der Waals surface area contributed by atoms with E-state index in [9.17, 15) is 0 Å². The molecule has 0 aliphatic heterocycles. The maximum absolute atomic E-state index is 5.57. The minimum absolute atomic E-state index is 0.733. The van der Waals surface area contributed by atoms with Gasteiger partial charge in [0, 0.05) is 43.4 Å². The van der Waals surface area contributed by atoms with E-state index in [-0.39, 0.29) is 0 Å². The summed E-state index contributed by atoms with van der Waals surface area (Å²) in [6.07, 6.45) is 3.20. The minimum Gasteiger partial charge on any atom is -0.350 e. The summed E-state index contributed by atoms with van der Waals surface area (Å²) in [4.78, 5) is 2.08. The molecule has 0 spiro atoms. The summed E-state index contributed by atoms with van der Waals surface area (Å²) >= 11 is 5.57. The van der Waals surface area contributed by atoms with Gasteiger partial charge >= 0.3 is 0 Å². The number of benzene rings is 2. The highest BCUT2D eigenvalue weighted by Gasteiger charge is 2.11. The normalized spacial score (nSPS) is 10.8. The molecule has 4 heteroatoms. The number of aromatic nitrogens is 1. The predicted octanol–water partition coefficient (Wildman–Crippen LogP) is 4.57. The van der Waals surface area contributed by atoms with Gasteiger partial charge in [-0.15, -0.1) is 0 Å². The Bertz CT molecular complexity index is 866. The van der Waals surface area contributed by atoms with Gasteiger partial charge in [-0.3, -0.25) is 0 Å². The van der Waals surface area contributed by atoms with Gasteiger partial charge in [-0.25, -0.2) is 0 Å². The Morgan fingerprint density at radius 1 is 1.17 bits per heavy atom. The van der Waals surface area contributed by atoms with Gasteiger partial charge in [0.25, 0.3) is 0 Å². The van der Waals surface area contributed by atoms with E-state index < -0.39 is 0 Å². The van der Waals surface area contributed by atoms with Crippen LogP contribution in [-0.4, -0.2) is 21.6 Å². The van der Waals surface area contributed by atoms with E-state index in [0.29, 0.717) is 0 Å². The van der Waals surface area contributed by atoms with Gasteiger partial charge in [0.1, 0.15) is 0 Å². The van der Waals surface area contributed by atoms with Crippen molar-refractivity contribution in [3.05, 3.63) is 65.9 Å². The summed E-state index contributed by atoms with van der Waals surface area (Å²) in [5.41, 5.74) is 4.88. The van der Waals surface area contributed by atoms with Gasteiger partial charge in [-0.1, -0.05) is 37.3 Å². The summed E-state index contributed by atoms with van der Waals surface area (Å²) in [5, 5.41) is 5.35. The molecule has 0 radical (unpaired) electrons. The molecule has 0 fully saturated rings. The Morgan fingerprint density at radius 2 is 1.96 bits per heavy atom. The average Bonchev–Trinajstić information content (AvgIpc) is 2.91. The number of anilines is 1. The second-order valence-corrected chi connectivity index (χ2v) is 6.51. The number of aryl methyl sites for hydroxylation is 2. The maximum atomic E-state index is 5.57. The molecule has 3 aromatic rings. The topological polar surface area (TPSA) is 20.2 Å². The fraction of sp³-hybridized carbons (Fsp3) is 0.250. The molecular weight excluding hydrogens is 314 g/mol. The van der Waals surface area contributed by atoms with Gasteiger partial charge < -0.3 is 14.8 Å². The molecule has 0 saturated carbocycles. The van der Waals surface area contributed by atoms with Gasteiger partial charge in [0.2, 0.25) is 0 Å². The highest BCUT2D eigenvalue weighted by molar-refractivity contribution is 7.80. The predicted molar refractivity (Wildman–Crippen MR) is 106 cm³/mol. The third kappa shape index (κ3) is 3.44. The molecule has 1 heterocycles. The lowest BCUT2D eigenvalue weighted by Crippen LogP contribution is -2.30. The van der Waals surface area contributed by atoms with Gasteiger partial charge in [0.15, 0.2) is 5.11 Å². The summed E-state index contributed by atoms with van der Waals surface area (Å²) in [6, 6.07) is 16.9. The van der Waals surface area contributed by atoms with Crippen molar-refractivity contribution < 1.29 is 0 Å². The highest BCUT2D eigenvalue weighted by Crippen LogP contribution is 2.21. The quantitative estimate of drug-likeness (QED) is 0.704. The van der Waals surface area contributed by atoms with E-state index in [2.05, 4.69) is 83.5 Å². The molecule has 0 aliphatic rings. The monoisotopic (exact) mass is 337 g/mol. The molecule has 124 valence electrons. The van der Waals surface area contributed by atoms with Crippen LogP contribution in [-0.2, 0) is 20.0 Å². The molecule has 0 aliphatic carbocycles. The van der Waals surface area contributed by atoms with E-state index in [1.165, 1.54) is 22.0 Å². The van der Waals surface area contributed by atoms with E-state index in [1.807, 2.05) is 7.05 Å². The Hall–Kier alpha value is -2.33. The first-order valence-corrected chi connectivity index (χ1v) is 8.63. The van der Waals surface area contributed by atoms with Gasteiger partial charge in [0.05, 0.1) is 0 Å². The van der Waals surface area contributed by atoms with Gasteiger partial charge in [-0.05, 0) is 48.0 Å². The van der Waals surface area contributed by atoms with Crippen molar-refractivity contribution in [3.63, 3.8) is 0 Å². The highest BCUT2D eigenvalue weighted by atomic mass is 32.1. The number of thiocarbonyl (C=S) groups is 1. The van der Waals surface area contributed by atoms with E-state index in [1.54, 1.807) is 0 Å². The minimum atomic E-state index is 0.733. The second-order valence-electron chi connectivity index (χ2n) is 6.12. The molecule has 0 amide bonds. The Balaban J connectivity index is 1.73. The maximum Gasteiger partial charge on any atom is 0.173 e. The van der Waals surface area contributed by atoms with Crippen LogP contribution in [0.25, 0.3) is 10.9 Å². The molecule has 0 atom stereocenters. The summed E-state index contributed by atoms with van der Waals surface area (Å²) < 4.78 is 2.17. The third-order valence-electron chi connectivity index (χ3n) is 4.32. The lowest BCUT2D eigenvalue weighted by molar-refractivity contribution is 0.510. The molecule has 2 aromatic carbocycles. The van der Waals surface area contributed by atoms with Crippen LogP contribution in [0.2, 0.25) is 0 Å². The van der Waals surface area contributed by atoms with Crippen LogP contribution in [0.4, 0.5) is 5.69 Å². The lowest BCUT2D eigenvalue weighted by atomic mass is 10.1. The Labute approximate surface area is 148 Å². The number of hydrogen-bond acceptors (Lipinski definition) is 1. The first kappa shape index (κ1) is 16.5. The molecule has 3 nitrogen and oxygen atoms in total. The number of rotatable bonds is 4. The van der Waals surface area contributed by atoms with Crippen LogP contribution in [0.3, 0.4) is 0 Å². The number of hydrogen-bond donors (Lipinski definition) is 1. The second kappa shape index (κ2) is 7.05. The summed E-state index contributed by atoms with van der Waals surface area (Å²) in [6.45, 7) is 2.94. The molecule has 24 heavy (non-hydrogen) atoms. The largest absolute Gasteiger partial charge is 0.350 e. The van der Waals surface area contributed by atoms with Crippen molar-refractivity contribution in [2.24, 2.45) is 7.05 Å². The van der Waals surface area contributed by atoms with Crippen molar-refractivity contribution in [2.45, 2.75) is 19.9 Å². The fourth-order valence-electron chi connectivity index (χ4n) is 2.97. The van der Waals surface area contributed by atoms with Crippen molar-refractivity contribution in [3.8, 4) is 0 Å². The standard InChI is InChI=1S/C20H23N3S/c1-4-15-8-7-9-17(12-15)21-20(24)23(3)14-16-13-22(2)19-11-6-5-10-18(16)19/h5-13H,4,14H2,1-3H3,(H,21,24). The average molecular weight is 337 g/mol. The molecule has 1 aromatic heterocycles. The van der Waals surface area contributed by atoms with Crippen molar-refractivity contribution in [1.82, 2.24) is 9.47 Å². The third-order valence-corrected chi connectivity index (χ3v) is 4.73. The Morgan fingerprint density at radius 3 is 2.75 bits per heavy atom. The van der Waals surface area contributed by atoms with Crippen molar-refractivity contribution in [1.29, 1.82) is 0 Å². The van der Waals surface area contributed by atoms with E-state index in [0.717, 1.165) is 23.8 Å². The molecule has 1 N–H and O–H groups in total. The van der Waals surface area contributed by atoms with Crippen molar-refractivity contribution >= 4 is 33.9 Å². The molecule has 0 bridgehead atoms. The fourth-order valence-corrected chi connectivity index (χ4v) is 3.15. The first-order valence-electron chi connectivity index (χ1n) is 8.22. The summed E-state index contributed by atoms with van der Waals surface area (Å²) in [7, 11) is 4.11. The van der Waals surface area contributed by atoms with Crippen LogP contribution in [0.15, 0.2) is 54.7 Å². The van der Waals surface area contributed by atoms with E-state index >= 15 is 0 Å². The van der Waals surface area contributed by atoms with Gasteiger partial charge in [-0.2, -0.15) is 0 Å². The number of nitrogens with one attached hydrogen (secondary N) is 1. The first-order chi connectivity index (χ1) is 11.6. The van der Waals surface area contributed by atoms with Crippen LogP contribution in [0.1, 0.15) is 18.1 Å². The van der Waals surface area contributed by atoms with Crippen LogP contribution < -0.4 is 5.32 Å². The zero-order chi connectivity index (χ0) is 17.1. The van der Waals surface area contributed by atoms with Crippen molar-refractivity contribution in [2.75, 3.05) is 12.4 Å². The molecule has 3 rings (SSSR count). The Kier molecular flexibility index (Phi) is 4.86. The molecular formula is C20H23N3S. The smallest absolute Gasteiger partial charge is 0.173 e. The zero-order valence-corrected chi connectivity index (χ0v) is 15.2. The number of fused-ring (bicyclic) bond motifs is 1. The molecule has 0 unspecified atom stereocenters. The summed E-state index contributed by atoms with van der Waals surface area (Å²) in [5.74, 6) is 0. The lowest BCUT2D eigenvalue weighted by Gasteiger charge is -2.21. The van der Waals surface area contributed by atoms with Crippen LogP contribution in [0, 0.1) is 0 Å². The molecule has 0 saturated heterocycles. The SMILES string of the molecule is CCc1cccc(NC(=S)N(C)Cc2cn(C)c3ccccc23)c1. The number of para-hydroxylation sites is 1. The van der Waals surface area contributed by atoms with E-state index in [4.69, 9.17) is 12.2 Å². The van der Waals surface area contributed by atoms with Crippen LogP contribution in [0.5, 0.6) is 0 Å². The number of nitrogens with zero attached hydrogens (tertiary/aromatic N) is 2.